The molecule has 1 aliphatic carbocycles. The number of fused-ring (bicyclic) bond motifs is 3. The number of anilines is 1. The van der Waals surface area contributed by atoms with Crippen molar-refractivity contribution >= 4 is 22.5 Å². The van der Waals surface area contributed by atoms with Crippen LogP contribution in [0.1, 0.15) is 34.1 Å². The van der Waals surface area contributed by atoms with Gasteiger partial charge in [0, 0.05) is 50.4 Å². The van der Waals surface area contributed by atoms with Crippen LogP contribution >= 0.6 is 0 Å². The minimum absolute atomic E-state index is 0.0176. The zero-order valence-electron chi connectivity index (χ0n) is 17.3. The van der Waals surface area contributed by atoms with E-state index < -0.39 is 0 Å². The Balaban J connectivity index is 1.65. The number of ketones is 1. The highest BCUT2D eigenvalue weighted by Gasteiger charge is 2.30. The van der Waals surface area contributed by atoms with Crippen LogP contribution in [0, 0.1) is 0 Å². The molecule has 2 aliphatic rings. The molecule has 0 amide bonds. The van der Waals surface area contributed by atoms with Crippen LogP contribution < -0.4 is 4.90 Å². The van der Waals surface area contributed by atoms with Crippen LogP contribution in [-0.4, -0.2) is 69.9 Å². The SMILES string of the molecule is CCn1ncc2c(N3CCN(CCO)CC3)c3c(nc21)C(=O)c1ccccc1CC3. The Bertz CT molecular complexity index is 1100. The van der Waals surface area contributed by atoms with E-state index in [2.05, 4.69) is 21.0 Å². The third kappa shape index (κ3) is 3.09. The smallest absolute Gasteiger partial charge is 0.212 e. The van der Waals surface area contributed by atoms with Gasteiger partial charge < -0.3 is 10.0 Å². The minimum atomic E-state index is 0.0176. The van der Waals surface area contributed by atoms with Gasteiger partial charge in [-0.3, -0.25) is 9.69 Å². The number of aromatic nitrogens is 3. The summed E-state index contributed by atoms with van der Waals surface area (Å²) in [6.07, 6.45) is 3.54. The van der Waals surface area contributed by atoms with Crippen molar-refractivity contribution in [2.75, 3.05) is 44.2 Å². The van der Waals surface area contributed by atoms with Crippen molar-refractivity contribution in [3.8, 4) is 0 Å². The lowest BCUT2D eigenvalue weighted by atomic mass is 10.0. The fourth-order valence-corrected chi connectivity index (χ4v) is 4.81. The number of pyridine rings is 1. The topological polar surface area (TPSA) is 74.5 Å². The van der Waals surface area contributed by atoms with Gasteiger partial charge in [0.25, 0.3) is 0 Å². The molecular weight excluding hydrogens is 378 g/mol. The van der Waals surface area contributed by atoms with Gasteiger partial charge in [-0.05, 0) is 25.3 Å². The Morgan fingerprint density at radius 3 is 2.67 bits per heavy atom. The van der Waals surface area contributed by atoms with Gasteiger partial charge in [0.05, 0.1) is 23.9 Å². The molecule has 0 unspecified atom stereocenters. The molecule has 5 rings (SSSR count). The second-order valence-corrected chi connectivity index (χ2v) is 8.02. The lowest BCUT2D eigenvalue weighted by Crippen LogP contribution is -2.47. The van der Waals surface area contributed by atoms with Crippen molar-refractivity contribution in [3.63, 3.8) is 0 Å². The summed E-state index contributed by atoms with van der Waals surface area (Å²) >= 11 is 0. The lowest BCUT2D eigenvalue weighted by molar-refractivity contribution is 0.103. The molecule has 1 fully saturated rings. The van der Waals surface area contributed by atoms with Crippen LogP contribution in [0.4, 0.5) is 5.69 Å². The second-order valence-electron chi connectivity index (χ2n) is 8.02. The normalized spacial score (nSPS) is 17.1. The number of β-amino-alcohol motifs (C(OH)–C–C–N with tert-alkyl or cyclic N) is 1. The molecule has 156 valence electrons. The highest BCUT2D eigenvalue weighted by molar-refractivity contribution is 6.12. The van der Waals surface area contributed by atoms with E-state index in [0.717, 1.165) is 72.4 Å². The first kappa shape index (κ1) is 19.2. The molecule has 1 saturated heterocycles. The van der Waals surface area contributed by atoms with E-state index in [0.29, 0.717) is 18.8 Å². The summed E-state index contributed by atoms with van der Waals surface area (Å²) in [7, 11) is 0. The van der Waals surface area contributed by atoms with E-state index in [4.69, 9.17) is 4.98 Å². The Hall–Kier alpha value is -2.77. The number of aryl methyl sites for hydroxylation is 2. The fraction of sp³-hybridized carbons (Fsp3) is 0.435. The summed E-state index contributed by atoms with van der Waals surface area (Å²) in [6, 6.07) is 7.91. The van der Waals surface area contributed by atoms with E-state index in [1.54, 1.807) is 0 Å². The zero-order chi connectivity index (χ0) is 20.7. The monoisotopic (exact) mass is 405 g/mol. The largest absolute Gasteiger partial charge is 0.395 e. The third-order valence-electron chi connectivity index (χ3n) is 6.38. The summed E-state index contributed by atoms with van der Waals surface area (Å²) in [4.78, 5) is 23.1. The number of aliphatic hydroxyl groups is 1. The quantitative estimate of drug-likeness (QED) is 0.715. The Morgan fingerprint density at radius 2 is 1.90 bits per heavy atom. The predicted molar refractivity (Wildman–Crippen MR) is 116 cm³/mol. The fourth-order valence-electron chi connectivity index (χ4n) is 4.81. The second kappa shape index (κ2) is 7.81. The van der Waals surface area contributed by atoms with Crippen molar-refractivity contribution in [1.82, 2.24) is 19.7 Å². The molecule has 1 aliphatic heterocycles. The Labute approximate surface area is 175 Å². The van der Waals surface area contributed by atoms with Crippen molar-refractivity contribution in [2.24, 2.45) is 0 Å². The van der Waals surface area contributed by atoms with Crippen molar-refractivity contribution in [3.05, 3.63) is 52.8 Å². The number of benzene rings is 1. The summed E-state index contributed by atoms with van der Waals surface area (Å²) in [6.45, 7) is 7.18. The number of hydrogen-bond donors (Lipinski definition) is 1. The van der Waals surface area contributed by atoms with E-state index >= 15 is 0 Å². The number of nitrogens with zero attached hydrogens (tertiary/aromatic N) is 5. The first-order chi connectivity index (χ1) is 14.7. The van der Waals surface area contributed by atoms with Crippen LogP contribution in [0.15, 0.2) is 30.5 Å². The summed E-state index contributed by atoms with van der Waals surface area (Å²) in [5.41, 5.74) is 5.41. The third-order valence-corrected chi connectivity index (χ3v) is 6.38. The molecule has 0 radical (unpaired) electrons. The van der Waals surface area contributed by atoms with Crippen molar-refractivity contribution < 1.29 is 9.90 Å². The maximum Gasteiger partial charge on any atom is 0.212 e. The molecule has 2 aromatic heterocycles. The lowest BCUT2D eigenvalue weighted by Gasteiger charge is -2.37. The van der Waals surface area contributed by atoms with Crippen LogP contribution in [0.3, 0.4) is 0 Å². The number of hydrogen-bond acceptors (Lipinski definition) is 6. The Morgan fingerprint density at radius 1 is 1.10 bits per heavy atom. The van der Waals surface area contributed by atoms with Gasteiger partial charge in [0.15, 0.2) is 5.65 Å². The van der Waals surface area contributed by atoms with Gasteiger partial charge in [0.1, 0.15) is 5.69 Å². The van der Waals surface area contributed by atoms with Crippen LogP contribution in [0.2, 0.25) is 0 Å². The molecule has 3 heterocycles. The minimum Gasteiger partial charge on any atom is -0.395 e. The van der Waals surface area contributed by atoms with Crippen LogP contribution in [0.5, 0.6) is 0 Å². The predicted octanol–water partition coefficient (Wildman–Crippen LogP) is 1.90. The Kier molecular flexibility index (Phi) is 5.00. The summed E-state index contributed by atoms with van der Waals surface area (Å²) in [5, 5.41) is 14.8. The molecule has 7 heteroatoms. The molecule has 0 bridgehead atoms. The zero-order valence-corrected chi connectivity index (χ0v) is 17.3. The number of aliphatic hydroxyl groups excluding tert-OH is 1. The van der Waals surface area contributed by atoms with Crippen LogP contribution in [0.25, 0.3) is 11.0 Å². The van der Waals surface area contributed by atoms with Gasteiger partial charge in [-0.25, -0.2) is 9.67 Å². The van der Waals surface area contributed by atoms with E-state index in [9.17, 15) is 9.90 Å². The number of carbonyl (C=O) groups excluding carboxylic acids is 1. The van der Waals surface area contributed by atoms with Gasteiger partial charge in [-0.2, -0.15) is 5.10 Å². The molecule has 1 aromatic carbocycles. The van der Waals surface area contributed by atoms with Gasteiger partial charge in [0.2, 0.25) is 5.78 Å². The molecule has 0 atom stereocenters. The molecule has 3 aromatic rings. The van der Waals surface area contributed by atoms with Crippen LogP contribution in [-0.2, 0) is 19.4 Å². The van der Waals surface area contributed by atoms with Gasteiger partial charge in [-0.1, -0.05) is 24.3 Å². The van der Waals surface area contributed by atoms with E-state index in [1.807, 2.05) is 36.0 Å². The molecule has 7 nitrogen and oxygen atoms in total. The molecule has 0 saturated carbocycles. The molecular formula is C23H27N5O2. The van der Waals surface area contributed by atoms with E-state index in [1.165, 1.54) is 0 Å². The van der Waals surface area contributed by atoms with Crippen molar-refractivity contribution in [2.45, 2.75) is 26.3 Å². The summed E-state index contributed by atoms with van der Waals surface area (Å²) in [5.74, 6) is 0.0176. The maximum absolute atomic E-state index is 13.5. The molecule has 1 N–H and O–H groups in total. The summed E-state index contributed by atoms with van der Waals surface area (Å²) < 4.78 is 1.88. The van der Waals surface area contributed by atoms with Crippen molar-refractivity contribution in [1.29, 1.82) is 0 Å². The number of carbonyl (C=O) groups is 1. The highest BCUT2D eigenvalue weighted by Crippen LogP contribution is 2.36. The van der Waals surface area contributed by atoms with Gasteiger partial charge in [-0.15, -0.1) is 0 Å². The van der Waals surface area contributed by atoms with Gasteiger partial charge >= 0.3 is 0 Å². The molecule has 30 heavy (non-hydrogen) atoms. The average Bonchev–Trinajstić information content (AvgIpc) is 3.14. The standard InChI is InChI=1S/C23H27N5O2/c1-2-28-23-19(15-24-28)21(27-11-9-26(10-12-27)13-14-29)18-8-7-16-5-3-4-6-17(16)22(30)20(18)25-23/h3-6,15,29H,2,7-14H2,1H3. The first-order valence-corrected chi connectivity index (χ1v) is 10.8. The van der Waals surface area contributed by atoms with E-state index in [-0.39, 0.29) is 12.4 Å². The maximum atomic E-state index is 13.5. The number of rotatable bonds is 4. The number of piperazine rings is 1. The molecule has 0 spiro atoms. The highest BCUT2D eigenvalue weighted by atomic mass is 16.3. The average molecular weight is 406 g/mol. The first-order valence-electron chi connectivity index (χ1n) is 10.8.